The second kappa shape index (κ2) is 6.58. The minimum absolute atomic E-state index is 0.160. The Morgan fingerprint density at radius 2 is 2.08 bits per heavy atom. The van der Waals surface area contributed by atoms with Gasteiger partial charge in [-0.15, -0.1) is 0 Å². The molecule has 1 aromatic rings. The van der Waals surface area contributed by atoms with E-state index in [1.165, 1.54) is 0 Å². The second-order valence-corrected chi connectivity index (χ2v) is 8.32. The van der Waals surface area contributed by atoms with Gasteiger partial charge in [-0.05, 0) is 74.0 Å². The van der Waals surface area contributed by atoms with Crippen LogP contribution in [0, 0.1) is 5.41 Å². The zero-order chi connectivity index (χ0) is 18.3. The van der Waals surface area contributed by atoms with E-state index in [9.17, 15) is 9.90 Å². The van der Waals surface area contributed by atoms with Crippen LogP contribution in [0.1, 0.15) is 50.2 Å². The van der Waals surface area contributed by atoms with Crippen LogP contribution in [-0.2, 0) is 21.5 Å². The van der Waals surface area contributed by atoms with Crippen molar-refractivity contribution in [3.8, 4) is 0 Å². The van der Waals surface area contributed by atoms with Crippen LogP contribution < -0.4 is 0 Å². The number of hydrogen-bond acceptors (Lipinski definition) is 4. The zero-order valence-corrected chi connectivity index (χ0v) is 16.9. The minimum atomic E-state index is -1.36. The van der Waals surface area contributed by atoms with E-state index in [4.69, 9.17) is 17.0 Å². The van der Waals surface area contributed by atoms with Crippen molar-refractivity contribution in [2.45, 2.75) is 56.6 Å². The third kappa shape index (κ3) is 2.62. The molecule has 1 spiro atoms. The smallest absolute Gasteiger partial charge is 0.337 e. The number of benzene rings is 1. The topological polar surface area (TPSA) is 58.9 Å². The first kappa shape index (κ1) is 18.7. The first-order valence-electron chi connectivity index (χ1n) is 8.55. The van der Waals surface area contributed by atoms with Crippen molar-refractivity contribution in [1.29, 1.82) is 0 Å². The minimum Gasteiger partial charge on any atom is -0.479 e. The molecular weight excluding hydrogens is 402 g/mol. The van der Waals surface area contributed by atoms with Crippen LogP contribution in [0.15, 0.2) is 27.7 Å². The van der Waals surface area contributed by atoms with E-state index < -0.39 is 16.9 Å². The molecule has 4 nitrogen and oxygen atoms in total. The summed E-state index contributed by atoms with van der Waals surface area (Å²) < 4.78 is 6.64. The van der Waals surface area contributed by atoms with Crippen molar-refractivity contribution >= 4 is 39.3 Å². The van der Waals surface area contributed by atoms with E-state index in [1.807, 2.05) is 18.2 Å². The van der Waals surface area contributed by atoms with Gasteiger partial charge in [-0.3, -0.25) is 0 Å². The molecule has 134 valence electrons. The first-order valence-corrected chi connectivity index (χ1v) is 9.75. The van der Waals surface area contributed by atoms with Gasteiger partial charge in [0.25, 0.3) is 0 Å². The highest BCUT2D eigenvalue weighted by Crippen LogP contribution is 2.61. The fraction of sp³-hybridized carbons (Fsp3) is 0.579. The number of carboxylic acids is 1. The maximum absolute atomic E-state index is 12.5. The SMILES string of the molecule is CC[C@]1(OC)CC[C@]2(CC1)Cc1ccc(Br)cc1C2(N=C=S)C(=O)O. The largest absolute Gasteiger partial charge is 0.479 e. The van der Waals surface area contributed by atoms with E-state index in [0.29, 0.717) is 6.42 Å². The number of methoxy groups -OCH3 is 1. The van der Waals surface area contributed by atoms with Crippen LogP contribution in [0.2, 0.25) is 0 Å². The van der Waals surface area contributed by atoms with E-state index in [1.54, 1.807) is 7.11 Å². The van der Waals surface area contributed by atoms with Crippen LogP contribution in [0.5, 0.6) is 0 Å². The highest BCUT2D eigenvalue weighted by atomic mass is 79.9. The average molecular weight is 424 g/mol. The van der Waals surface area contributed by atoms with Crippen molar-refractivity contribution in [1.82, 2.24) is 0 Å². The molecule has 1 N–H and O–H groups in total. The van der Waals surface area contributed by atoms with Crippen LogP contribution in [0.4, 0.5) is 0 Å². The number of carboxylic acid groups (broad SMARTS) is 1. The number of rotatable bonds is 4. The summed E-state index contributed by atoms with van der Waals surface area (Å²) in [7, 11) is 1.75. The van der Waals surface area contributed by atoms with Gasteiger partial charge in [0, 0.05) is 17.0 Å². The average Bonchev–Trinajstić information content (AvgIpc) is 2.87. The second-order valence-electron chi connectivity index (χ2n) is 7.22. The Bertz CT molecular complexity index is 741. The molecule has 2 aliphatic carbocycles. The molecule has 2 aliphatic rings. The fourth-order valence-corrected chi connectivity index (χ4v) is 5.38. The Kier molecular flexibility index (Phi) is 4.93. The molecule has 1 aromatic carbocycles. The fourth-order valence-electron chi connectivity index (χ4n) is 4.88. The number of isothiocyanates is 1. The molecule has 0 aromatic heterocycles. The standard InChI is InChI=1S/C19H22BrNO3S/c1-3-18(24-2)8-6-17(7-9-18)11-13-4-5-14(20)10-15(13)19(17,16(22)23)21-12-25/h4-5,10H,3,6-9,11H2,1-2H3,(H,22,23)/t17-,18-,19?. The van der Waals surface area contributed by atoms with Gasteiger partial charge in [0.1, 0.15) is 0 Å². The van der Waals surface area contributed by atoms with Gasteiger partial charge in [-0.2, -0.15) is 0 Å². The lowest BCUT2D eigenvalue weighted by molar-refractivity contribution is -0.154. The van der Waals surface area contributed by atoms with Gasteiger partial charge in [0.2, 0.25) is 0 Å². The third-order valence-electron chi connectivity index (χ3n) is 6.48. The van der Waals surface area contributed by atoms with Gasteiger partial charge in [-0.25, -0.2) is 9.79 Å². The summed E-state index contributed by atoms with van der Waals surface area (Å²) in [5.74, 6) is -0.942. The molecule has 0 heterocycles. The summed E-state index contributed by atoms with van der Waals surface area (Å²) in [4.78, 5) is 16.9. The van der Waals surface area contributed by atoms with E-state index >= 15 is 0 Å². The van der Waals surface area contributed by atoms with Crippen molar-refractivity contribution in [2.24, 2.45) is 10.4 Å². The molecule has 0 aliphatic heterocycles. The zero-order valence-electron chi connectivity index (χ0n) is 14.5. The number of ether oxygens (including phenoxy) is 1. The number of halogens is 1. The number of fused-ring (bicyclic) bond motifs is 1. The molecule has 25 heavy (non-hydrogen) atoms. The Hall–Kier alpha value is -1.07. The van der Waals surface area contributed by atoms with Crippen molar-refractivity contribution in [2.75, 3.05) is 7.11 Å². The molecular formula is C19H22BrNO3S. The quantitative estimate of drug-likeness (QED) is 0.560. The molecule has 0 bridgehead atoms. The summed E-state index contributed by atoms with van der Waals surface area (Å²) >= 11 is 8.34. The van der Waals surface area contributed by atoms with Gasteiger partial charge in [0.05, 0.1) is 10.8 Å². The first-order chi connectivity index (χ1) is 11.9. The Morgan fingerprint density at radius 1 is 1.40 bits per heavy atom. The van der Waals surface area contributed by atoms with Crippen LogP contribution in [0.25, 0.3) is 0 Å². The Balaban J connectivity index is 2.15. The predicted octanol–water partition coefficient (Wildman–Crippen LogP) is 4.74. The Labute approximate surface area is 161 Å². The van der Waals surface area contributed by atoms with E-state index in [2.05, 4.69) is 33.0 Å². The number of nitrogens with zero attached hydrogens (tertiary/aromatic N) is 1. The van der Waals surface area contributed by atoms with Gasteiger partial charge in [-0.1, -0.05) is 28.9 Å². The molecule has 1 unspecified atom stereocenters. The van der Waals surface area contributed by atoms with Crippen molar-refractivity contribution in [3.63, 3.8) is 0 Å². The molecule has 1 saturated carbocycles. The molecule has 1 fully saturated rings. The number of aliphatic imine (C=N–C) groups is 1. The molecule has 1 atom stereocenters. The molecule has 6 heteroatoms. The number of hydrogen-bond donors (Lipinski definition) is 1. The summed E-state index contributed by atoms with van der Waals surface area (Å²) in [6.07, 6.45) is 4.77. The summed E-state index contributed by atoms with van der Waals surface area (Å²) in [6.45, 7) is 2.13. The highest BCUT2D eigenvalue weighted by Gasteiger charge is 2.64. The molecule has 3 rings (SSSR count). The maximum Gasteiger partial charge on any atom is 0.337 e. The number of carbonyl (C=O) groups is 1. The molecule has 0 radical (unpaired) electrons. The maximum atomic E-state index is 12.5. The van der Waals surface area contributed by atoms with E-state index in [0.717, 1.165) is 47.7 Å². The highest BCUT2D eigenvalue weighted by molar-refractivity contribution is 9.10. The summed E-state index contributed by atoms with van der Waals surface area (Å²) in [5, 5.41) is 12.7. The lowest BCUT2D eigenvalue weighted by Gasteiger charge is -2.48. The van der Waals surface area contributed by atoms with Gasteiger partial charge >= 0.3 is 5.97 Å². The van der Waals surface area contributed by atoms with Crippen molar-refractivity contribution in [3.05, 3.63) is 33.8 Å². The van der Waals surface area contributed by atoms with Crippen LogP contribution in [-0.4, -0.2) is 28.9 Å². The van der Waals surface area contributed by atoms with E-state index in [-0.39, 0.29) is 5.60 Å². The van der Waals surface area contributed by atoms with Gasteiger partial charge in [0.15, 0.2) is 5.54 Å². The van der Waals surface area contributed by atoms with Crippen molar-refractivity contribution < 1.29 is 14.6 Å². The molecule has 0 amide bonds. The Morgan fingerprint density at radius 3 is 2.60 bits per heavy atom. The monoisotopic (exact) mass is 423 g/mol. The number of thiocarbonyl (C=S) groups is 1. The summed E-state index contributed by atoms with van der Waals surface area (Å²) in [5.41, 5.74) is -0.215. The normalized spacial score (nSPS) is 33.7. The molecule has 0 saturated heterocycles. The van der Waals surface area contributed by atoms with Gasteiger partial charge < -0.3 is 9.84 Å². The predicted molar refractivity (Wildman–Crippen MR) is 103 cm³/mol. The lowest BCUT2D eigenvalue weighted by Crippen LogP contribution is -2.52. The summed E-state index contributed by atoms with van der Waals surface area (Å²) in [6, 6.07) is 5.84. The number of aliphatic carboxylic acids is 1. The van der Waals surface area contributed by atoms with Crippen LogP contribution in [0.3, 0.4) is 0 Å². The third-order valence-corrected chi connectivity index (χ3v) is 7.06. The van der Waals surface area contributed by atoms with Crippen LogP contribution >= 0.6 is 28.1 Å². The lowest BCUT2D eigenvalue weighted by atomic mass is 9.59.